The summed E-state index contributed by atoms with van der Waals surface area (Å²) in [7, 11) is -1.60. The van der Waals surface area contributed by atoms with Gasteiger partial charge in [0.25, 0.3) is 0 Å². The van der Waals surface area contributed by atoms with Crippen molar-refractivity contribution in [2.75, 3.05) is 13.2 Å². The van der Waals surface area contributed by atoms with Gasteiger partial charge >= 0.3 is 0 Å². The van der Waals surface area contributed by atoms with Crippen LogP contribution in [0, 0.1) is 11.8 Å². The van der Waals surface area contributed by atoms with Gasteiger partial charge in [-0.05, 0) is 48.4 Å². The molecule has 26 heavy (non-hydrogen) atoms. The van der Waals surface area contributed by atoms with Crippen molar-refractivity contribution in [3.63, 3.8) is 0 Å². The van der Waals surface area contributed by atoms with E-state index >= 15 is 0 Å². The molecule has 0 saturated carbocycles. The molecule has 1 aromatic carbocycles. The standard InChI is InChI=1S/C23H42O2Si/c1-20(16-17-24-19-22-14-9-8-10-15-22)12-11-13-21(2)18-25-26(6,7)23(3,4)5/h8-10,14-15,20-21H,11-13,16-19H2,1-7H3/t20-,21+/m1/s1. The Morgan fingerprint density at radius 2 is 1.54 bits per heavy atom. The molecule has 2 atom stereocenters. The summed E-state index contributed by atoms with van der Waals surface area (Å²) >= 11 is 0. The Balaban J connectivity index is 2.09. The monoisotopic (exact) mass is 378 g/mol. The summed E-state index contributed by atoms with van der Waals surface area (Å²) in [6.45, 7) is 18.8. The van der Waals surface area contributed by atoms with Crippen LogP contribution in [0.25, 0.3) is 0 Å². The molecule has 0 bridgehead atoms. The van der Waals surface area contributed by atoms with Gasteiger partial charge in [0.2, 0.25) is 0 Å². The lowest BCUT2D eigenvalue weighted by Crippen LogP contribution is -2.41. The minimum Gasteiger partial charge on any atom is -0.417 e. The van der Waals surface area contributed by atoms with Crippen LogP contribution in [0.2, 0.25) is 18.1 Å². The summed E-state index contributed by atoms with van der Waals surface area (Å²) in [6, 6.07) is 10.4. The van der Waals surface area contributed by atoms with Crippen LogP contribution in [0.5, 0.6) is 0 Å². The molecule has 0 aliphatic rings. The Morgan fingerprint density at radius 1 is 0.923 bits per heavy atom. The maximum Gasteiger partial charge on any atom is 0.191 e. The average molecular weight is 379 g/mol. The van der Waals surface area contributed by atoms with Gasteiger partial charge in [-0.1, -0.05) is 77.8 Å². The van der Waals surface area contributed by atoms with Crippen molar-refractivity contribution in [1.29, 1.82) is 0 Å². The van der Waals surface area contributed by atoms with Gasteiger partial charge in [-0.15, -0.1) is 0 Å². The summed E-state index contributed by atoms with van der Waals surface area (Å²) in [5.41, 5.74) is 1.26. The molecule has 0 saturated heterocycles. The molecule has 0 aromatic heterocycles. The molecular weight excluding hydrogens is 336 g/mol. The molecule has 0 aliphatic heterocycles. The van der Waals surface area contributed by atoms with Crippen molar-refractivity contribution in [2.24, 2.45) is 11.8 Å². The fraction of sp³-hybridized carbons (Fsp3) is 0.739. The first-order valence-corrected chi connectivity index (χ1v) is 13.3. The number of ether oxygens (including phenoxy) is 1. The zero-order valence-corrected chi connectivity index (χ0v) is 19.3. The van der Waals surface area contributed by atoms with E-state index < -0.39 is 8.32 Å². The van der Waals surface area contributed by atoms with E-state index in [9.17, 15) is 0 Å². The zero-order valence-electron chi connectivity index (χ0n) is 18.3. The highest BCUT2D eigenvalue weighted by Crippen LogP contribution is 2.36. The van der Waals surface area contributed by atoms with Crippen LogP contribution in [-0.4, -0.2) is 21.5 Å². The lowest BCUT2D eigenvalue weighted by atomic mass is 9.97. The summed E-state index contributed by atoms with van der Waals surface area (Å²) in [5.74, 6) is 1.39. The van der Waals surface area contributed by atoms with Gasteiger partial charge in [0.1, 0.15) is 0 Å². The summed E-state index contributed by atoms with van der Waals surface area (Å²) in [6.07, 6.45) is 5.01. The highest BCUT2D eigenvalue weighted by Gasteiger charge is 2.37. The van der Waals surface area contributed by atoms with E-state index in [1.165, 1.54) is 24.8 Å². The quantitative estimate of drug-likeness (QED) is 0.286. The van der Waals surface area contributed by atoms with Crippen LogP contribution >= 0.6 is 0 Å². The lowest BCUT2D eigenvalue weighted by molar-refractivity contribution is 0.107. The molecule has 0 aliphatic carbocycles. The molecule has 0 N–H and O–H groups in total. The van der Waals surface area contributed by atoms with Crippen LogP contribution in [0.1, 0.15) is 65.9 Å². The summed E-state index contributed by atoms with van der Waals surface area (Å²) < 4.78 is 12.2. The van der Waals surface area contributed by atoms with Crippen molar-refractivity contribution in [3.8, 4) is 0 Å². The van der Waals surface area contributed by atoms with Gasteiger partial charge in [0.05, 0.1) is 6.61 Å². The van der Waals surface area contributed by atoms with E-state index in [-0.39, 0.29) is 0 Å². The molecule has 0 unspecified atom stereocenters. The van der Waals surface area contributed by atoms with Crippen molar-refractivity contribution in [2.45, 2.75) is 85.0 Å². The van der Waals surface area contributed by atoms with Gasteiger partial charge in [0, 0.05) is 13.2 Å². The third-order valence-corrected chi connectivity index (χ3v) is 10.3. The molecule has 2 nitrogen and oxygen atoms in total. The normalized spacial score (nSPS) is 15.0. The molecule has 0 fully saturated rings. The molecule has 3 heteroatoms. The van der Waals surface area contributed by atoms with Crippen molar-refractivity contribution >= 4 is 8.32 Å². The van der Waals surface area contributed by atoms with E-state index in [2.05, 4.69) is 72.0 Å². The minimum absolute atomic E-state index is 0.307. The molecule has 0 amide bonds. The Hall–Kier alpha value is -0.643. The number of rotatable bonds is 12. The number of hydrogen-bond donors (Lipinski definition) is 0. The Morgan fingerprint density at radius 3 is 2.15 bits per heavy atom. The molecule has 150 valence electrons. The third kappa shape index (κ3) is 9.34. The molecule has 1 rings (SSSR count). The fourth-order valence-corrected chi connectivity index (χ4v) is 3.79. The van der Waals surface area contributed by atoms with Crippen LogP contribution in [-0.2, 0) is 15.8 Å². The molecule has 1 aromatic rings. The van der Waals surface area contributed by atoms with Crippen molar-refractivity contribution < 1.29 is 9.16 Å². The molecule has 0 heterocycles. The average Bonchev–Trinajstić information content (AvgIpc) is 2.57. The fourth-order valence-electron chi connectivity index (χ4n) is 2.66. The van der Waals surface area contributed by atoms with Gasteiger partial charge in [-0.25, -0.2) is 0 Å². The second kappa shape index (κ2) is 11.3. The SMILES string of the molecule is C[C@H](CCC[C@H](C)CO[Si](C)(C)C(C)(C)C)CCOCc1ccccc1. The third-order valence-electron chi connectivity index (χ3n) is 5.80. The van der Waals surface area contributed by atoms with Crippen LogP contribution in [0.4, 0.5) is 0 Å². The van der Waals surface area contributed by atoms with E-state index in [1.807, 2.05) is 6.07 Å². The first kappa shape index (κ1) is 23.4. The second-order valence-electron chi connectivity index (χ2n) is 9.54. The van der Waals surface area contributed by atoms with Gasteiger partial charge in [-0.3, -0.25) is 0 Å². The Kier molecular flexibility index (Phi) is 10.1. The maximum absolute atomic E-state index is 6.35. The second-order valence-corrected chi connectivity index (χ2v) is 14.3. The summed E-state index contributed by atoms with van der Waals surface area (Å²) in [4.78, 5) is 0. The highest BCUT2D eigenvalue weighted by atomic mass is 28.4. The van der Waals surface area contributed by atoms with Gasteiger partial charge in [-0.2, -0.15) is 0 Å². The largest absolute Gasteiger partial charge is 0.417 e. The van der Waals surface area contributed by atoms with Crippen molar-refractivity contribution in [3.05, 3.63) is 35.9 Å². The van der Waals surface area contributed by atoms with E-state index in [1.54, 1.807) is 0 Å². The maximum atomic E-state index is 6.35. The molecule has 0 radical (unpaired) electrons. The van der Waals surface area contributed by atoms with Crippen molar-refractivity contribution in [1.82, 2.24) is 0 Å². The van der Waals surface area contributed by atoms with Gasteiger partial charge in [0.15, 0.2) is 8.32 Å². The smallest absolute Gasteiger partial charge is 0.191 e. The minimum atomic E-state index is -1.60. The first-order chi connectivity index (χ1) is 12.1. The number of benzene rings is 1. The van der Waals surface area contributed by atoms with Gasteiger partial charge < -0.3 is 9.16 Å². The van der Waals surface area contributed by atoms with Crippen LogP contribution < -0.4 is 0 Å². The van der Waals surface area contributed by atoms with E-state index in [0.29, 0.717) is 11.0 Å². The van der Waals surface area contributed by atoms with Crippen LogP contribution in [0.15, 0.2) is 30.3 Å². The predicted octanol–water partition coefficient (Wildman–Crippen LogP) is 7.06. The van der Waals surface area contributed by atoms with E-state index in [4.69, 9.17) is 9.16 Å². The topological polar surface area (TPSA) is 18.5 Å². The zero-order chi connectivity index (χ0) is 19.6. The number of hydrogen-bond acceptors (Lipinski definition) is 2. The molecular formula is C23H42O2Si. The summed E-state index contributed by atoms with van der Waals surface area (Å²) in [5, 5.41) is 0.307. The molecule has 0 spiro atoms. The highest BCUT2D eigenvalue weighted by molar-refractivity contribution is 6.74. The Bertz CT molecular complexity index is 479. The van der Waals surface area contributed by atoms with E-state index in [0.717, 1.165) is 32.2 Å². The predicted molar refractivity (Wildman–Crippen MR) is 116 cm³/mol. The first-order valence-electron chi connectivity index (χ1n) is 10.4. The lowest BCUT2D eigenvalue weighted by Gasteiger charge is -2.37. The Labute approximate surface area is 163 Å². The van der Waals surface area contributed by atoms with Crippen LogP contribution in [0.3, 0.4) is 0 Å².